The fourth-order valence-electron chi connectivity index (χ4n) is 1.37. The predicted octanol–water partition coefficient (Wildman–Crippen LogP) is 1.12. The van der Waals surface area contributed by atoms with E-state index in [4.69, 9.17) is 0 Å². The first-order valence-corrected chi connectivity index (χ1v) is 7.23. The van der Waals surface area contributed by atoms with Crippen molar-refractivity contribution in [1.82, 2.24) is 10.0 Å². The van der Waals surface area contributed by atoms with E-state index in [1.807, 2.05) is 6.92 Å². The van der Waals surface area contributed by atoms with E-state index in [-0.39, 0.29) is 16.8 Å². The highest BCUT2D eigenvalue weighted by atomic mass is 32.2. The zero-order valence-corrected chi connectivity index (χ0v) is 11.5. The molecule has 1 amide bonds. The van der Waals surface area contributed by atoms with Crippen molar-refractivity contribution in [2.24, 2.45) is 0 Å². The lowest BCUT2D eigenvalue weighted by Gasteiger charge is -2.12. The van der Waals surface area contributed by atoms with Crippen LogP contribution in [0.4, 0.5) is 0 Å². The molecule has 0 bridgehead atoms. The number of carbonyl (C=O) groups excluding carboxylic acids is 1. The molecule has 1 aromatic carbocycles. The van der Waals surface area contributed by atoms with Gasteiger partial charge in [-0.1, -0.05) is 13.0 Å². The molecule has 0 fully saturated rings. The molecule has 0 aliphatic rings. The third kappa shape index (κ3) is 3.54. The highest BCUT2D eigenvalue weighted by Gasteiger charge is 2.17. The Labute approximate surface area is 108 Å². The van der Waals surface area contributed by atoms with Crippen LogP contribution < -0.4 is 10.0 Å². The molecule has 0 radical (unpaired) electrons. The fourth-order valence-corrected chi connectivity index (χ4v) is 2.74. The van der Waals surface area contributed by atoms with Crippen molar-refractivity contribution in [1.29, 1.82) is 0 Å². The normalized spacial score (nSPS) is 13.1. The summed E-state index contributed by atoms with van der Waals surface area (Å²) in [5.41, 5.74) is 0.324. The van der Waals surface area contributed by atoms with Gasteiger partial charge in [0.25, 0.3) is 5.91 Å². The summed E-state index contributed by atoms with van der Waals surface area (Å²) in [6.07, 6.45) is 0.703. The second kappa shape index (κ2) is 5.97. The summed E-state index contributed by atoms with van der Waals surface area (Å²) in [5.74, 6) is -0.310. The van der Waals surface area contributed by atoms with E-state index in [9.17, 15) is 13.2 Å². The van der Waals surface area contributed by atoms with Crippen LogP contribution in [0, 0.1) is 0 Å². The molecule has 1 rings (SSSR count). The van der Waals surface area contributed by atoms with E-state index in [0.717, 1.165) is 0 Å². The lowest BCUT2D eigenvalue weighted by atomic mass is 10.2. The van der Waals surface area contributed by atoms with Crippen LogP contribution in [0.2, 0.25) is 0 Å². The molecule has 1 atom stereocenters. The number of carbonyl (C=O) groups is 1. The molecule has 100 valence electrons. The van der Waals surface area contributed by atoms with E-state index < -0.39 is 10.0 Å². The molecule has 0 aliphatic heterocycles. The maximum absolute atomic E-state index is 12.0. The number of nitrogens with one attached hydrogen (secondary N) is 2. The molecule has 6 heteroatoms. The second-order valence-electron chi connectivity index (χ2n) is 4.04. The Kier molecular flexibility index (Phi) is 4.86. The zero-order valence-electron chi connectivity index (χ0n) is 10.7. The molecule has 5 nitrogen and oxygen atoms in total. The average molecular weight is 270 g/mol. The Bertz CT molecular complexity index is 526. The van der Waals surface area contributed by atoms with Crippen molar-refractivity contribution in [2.45, 2.75) is 31.2 Å². The van der Waals surface area contributed by atoms with E-state index in [1.165, 1.54) is 19.2 Å². The molecular weight excluding hydrogens is 252 g/mol. The summed E-state index contributed by atoms with van der Waals surface area (Å²) < 4.78 is 26.6. The van der Waals surface area contributed by atoms with Crippen LogP contribution in [0.5, 0.6) is 0 Å². The Morgan fingerprint density at radius 2 is 2.06 bits per heavy atom. The van der Waals surface area contributed by atoms with E-state index in [1.54, 1.807) is 19.1 Å². The summed E-state index contributed by atoms with van der Waals surface area (Å²) >= 11 is 0. The monoisotopic (exact) mass is 270 g/mol. The van der Waals surface area contributed by atoms with Gasteiger partial charge < -0.3 is 5.32 Å². The quantitative estimate of drug-likeness (QED) is 0.842. The molecule has 18 heavy (non-hydrogen) atoms. The molecule has 2 N–H and O–H groups in total. The fraction of sp³-hybridized carbons (Fsp3) is 0.417. The maximum Gasteiger partial charge on any atom is 0.251 e. The summed E-state index contributed by atoms with van der Waals surface area (Å²) in [4.78, 5) is 11.5. The first kappa shape index (κ1) is 14.7. The molecule has 0 saturated carbocycles. The van der Waals surface area contributed by atoms with Crippen molar-refractivity contribution >= 4 is 15.9 Å². The Hall–Kier alpha value is -1.40. The van der Waals surface area contributed by atoms with Crippen molar-refractivity contribution < 1.29 is 13.2 Å². The van der Waals surface area contributed by atoms with Crippen LogP contribution in [0.1, 0.15) is 30.6 Å². The Morgan fingerprint density at radius 1 is 1.39 bits per heavy atom. The largest absolute Gasteiger partial charge is 0.355 e. The van der Waals surface area contributed by atoms with Gasteiger partial charge in [-0.25, -0.2) is 13.1 Å². The first-order valence-electron chi connectivity index (χ1n) is 5.75. The van der Waals surface area contributed by atoms with Crippen molar-refractivity contribution in [3.63, 3.8) is 0 Å². The number of amides is 1. The van der Waals surface area contributed by atoms with Gasteiger partial charge in [0.15, 0.2) is 0 Å². The van der Waals surface area contributed by atoms with Crippen LogP contribution in [0.3, 0.4) is 0 Å². The third-order valence-corrected chi connectivity index (χ3v) is 4.19. The predicted molar refractivity (Wildman–Crippen MR) is 69.9 cm³/mol. The van der Waals surface area contributed by atoms with Crippen LogP contribution in [-0.2, 0) is 10.0 Å². The topological polar surface area (TPSA) is 75.3 Å². The highest BCUT2D eigenvalue weighted by Crippen LogP contribution is 2.12. The second-order valence-corrected chi connectivity index (χ2v) is 5.75. The number of hydrogen-bond acceptors (Lipinski definition) is 3. The zero-order chi connectivity index (χ0) is 13.8. The average Bonchev–Trinajstić information content (AvgIpc) is 2.37. The van der Waals surface area contributed by atoms with Gasteiger partial charge in [0.05, 0.1) is 4.90 Å². The molecule has 1 aromatic rings. The van der Waals surface area contributed by atoms with Gasteiger partial charge in [0.2, 0.25) is 10.0 Å². The minimum absolute atomic E-state index is 0.101. The van der Waals surface area contributed by atoms with Gasteiger partial charge in [-0.3, -0.25) is 4.79 Å². The molecular formula is C12H18N2O3S. The van der Waals surface area contributed by atoms with Gasteiger partial charge in [-0.2, -0.15) is 0 Å². The highest BCUT2D eigenvalue weighted by molar-refractivity contribution is 7.89. The van der Waals surface area contributed by atoms with Gasteiger partial charge in [-0.15, -0.1) is 0 Å². The first-order chi connectivity index (χ1) is 8.40. The molecule has 0 spiro atoms. The Balaban J connectivity index is 3.06. The summed E-state index contributed by atoms with van der Waals surface area (Å²) in [6.45, 7) is 3.69. The standard InChI is InChI=1S/C12H18N2O3S/c1-4-9(2)14-18(16,17)11-7-5-6-10(8-11)12(15)13-3/h5-9,14H,4H2,1-3H3,(H,13,15)/t9-/m1/s1. The molecule has 0 aliphatic carbocycles. The third-order valence-electron chi connectivity index (χ3n) is 2.60. The van der Waals surface area contributed by atoms with Crippen molar-refractivity contribution in [3.8, 4) is 0 Å². The minimum atomic E-state index is -3.57. The van der Waals surface area contributed by atoms with Crippen LogP contribution in [-0.4, -0.2) is 27.4 Å². The molecule has 0 saturated heterocycles. The summed E-state index contributed by atoms with van der Waals surface area (Å²) in [7, 11) is -2.06. The Morgan fingerprint density at radius 3 is 2.61 bits per heavy atom. The summed E-state index contributed by atoms with van der Waals surface area (Å²) in [6, 6.07) is 5.82. The van der Waals surface area contributed by atoms with Crippen LogP contribution in [0.15, 0.2) is 29.2 Å². The SMILES string of the molecule is CC[C@@H](C)NS(=O)(=O)c1cccc(C(=O)NC)c1. The van der Waals surface area contributed by atoms with Gasteiger partial charge in [0.1, 0.15) is 0 Å². The molecule has 0 aromatic heterocycles. The smallest absolute Gasteiger partial charge is 0.251 e. The lowest BCUT2D eigenvalue weighted by molar-refractivity contribution is 0.0963. The van der Waals surface area contributed by atoms with E-state index in [2.05, 4.69) is 10.0 Å². The van der Waals surface area contributed by atoms with Gasteiger partial charge in [0, 0.05) is 18.7 Å². The lowest BCUT2D eigenvalue weighted by Crippen LogP contribution is -2.32. The summed E-state index contributed by atoms with van der Waals surface area (Å²) in [5, 5.41) is 2.46. The molecule has 0 unspecified atom stereocenters. The minimum Gasteiger partial charge on any atom is -0.355 e. The number of sulfonamides is 1. The van der Waals surface area contributed by atoms with Crippen molar-refractivity contribution in [3.05, 3.63) is 29.8 Å². The van der Waals surface area contributed by atoms with Crippen LogP contribution >= 0.6 is 0 Å². The number of benzene rings is 1. The number of rotatable bonds is 5. The van der Waals surface area contributed by atoms with Crippen LogP contribution in [0.25, 0.3) is 0 Å². The molecule has 0 heterocycles. The van der Waals surface area contributed by atoms with Crippen molar-refractivity contribution in [2.75, 3.05) is 7.05 Å². The van der Waals surface area contributed by atoms with E-state index >= 15 is 0 Å². The van der Waals surface area contributed by atoms with Gasteiger partial charge >= 0.3 is 0 Å². The maximum atomic E-state index is 12.0. The number of hydrogen-bond donors (Lipinski definition) is 2. The van der Waals surface area contributed by atoms with E-state index in [0.29, 0.717) is 12.0 Å². The van der Waals surface area contributed by atoms with Gasteiger partial charge in [-0.05, 0) is 31.5 Å².